The number of carbonyl (C=O) groups excluding carboxylic acids is 2. The van der Waals surface area contributed by atoms with Gasteiger partial charge in [0.2, 0.25) is 11.9 Å². The van der Waals surface area contributed by atoms with Gasteiger partial charge in [-0.2, -0.15) is 0 Å². The molecule has 0 unspecified atom stereocenters. The van der Waals surface area contributed by atoms with E-state index in [1.807, 2.05) is 43.3 Å². The number of esters is 1. The molecule has 0 saturated carbocycles. The fourth-order valence-electron chi connectivity index (χ4n) is 3.76. The number of benzene rings is 2. The van der Waals surface area contributed by atoms with Gasteiger partial charge in [-0.15, -0.1) is 0 Å². The molecule has 1 aliphatic heterocycles. The predicted molar refractivity (Wildman–Crippen MR) is 112 cm³/mol. The second-order valence-electron chi connectivity index (χ2n) is 7.27. The zero-order valence-corrected chi connectivity index (χ0v) is 17.0. The molecule has 1 aromatic heterocycles. The van der Waals surface area contributed by atoms with Gasteiger partial charge in [-0.05, 0) is 25.8 Å². The van der Waals surface area contributed by atoms with E-state index in [-0.39, 0.29) is 18.3 Å². The predicted octanol–water partition coefficient (Wildman–Crippen LogP) is 4.49. The molecule has 4 rings (SSSR count). The highest BCUT2D eigenvalue weighted by Gasteiger charge is 2.33. The van der Waals surface area contributed by atoms with Crippen LogP contribution in [0.3, 0.4) is 0 Å². The summed E-state index contributed by atoms with van der Waals surface area (Å²) in [7, 11) is 0. The zero-order valence-electron chi connectivity index (χ0n) is 17.0. The number of furan rings is 1. The molecule has 0 radical (unpaired) electrons. The molecule has 156 valence electrons. The van der Waals surface area contributed by atoms with Crippen molar-refractivity contribution < 1.29 is 23.5 Å². The normalized spacial score (nSPS) is 14.8. The summed E-state index contributed by atoms with van der Waals surface area (Å²) in [5.74, 6) is -0.781. The van der Waals surface area contributed by atoms with Gasteiger partial charge < -0.3 is 18.8 Å². The molecule has 1 amide bonds. The molecule has 1 aliphatic rings. The Kier molecular flexibility index (Phi) is 6.14. The van der Waals surface area contributed by atoms with Crippen molar-refractivity contribution in [3.05, 3.63) is 71.5 Å². The quantitative estimate of drug-likeness (QED) is 0.540. The number of rotatable bonds is 7. The molecule has 1 atom stereocenters. The van der Waals surface area contributed by atoms with Crippen molar-refractivity contribution in [3.63, 3.8) is 0 Å². The van der Waals surface area contributed by atoms with Crippen molar-refractivity contribution >= 4 is 22.8 Å². The summed E-state index contributed by atoms with van der Waals surface area (Å²) in [5, 5.41) is 0.806. The molecule has 2 heterocycles. The second-order valence-corrected chi connectivity index (χ2v) is 7.27. The number of hydrogen-bond donors (Lipinski definition) is 0. The van der Waals surface area contributed by atoms with Crippen LogP contribution in [0.5, 0.6) is 0 Å². The number of hydrogen-bond acceptors (Lipinski definition) is 5. The summed E-state index contributed by atoms with van der Waals surface area (Å²) < 4.78 is 17.1. The summed E-state index contributed by atoms with van der Waals surface area (Å²) in [4.78, 5) is 28.0. The second kappa shape index (κ2) is 9.13. The van der Waals surface area contributed by atoms with Gasteiger partial charge in [0.05, 0.1) is 6.61 Å². The van der Waals surface area contributed by atoms with E-state index in [0.717, 1.165) is 18.2 Å². The zero-order chi connectivity index (χ0) is 20.9. The van der Waals surface area contributed by atoms with E-state index in [1.54, 1.807) is 23.1 Å². The summed E-state index contributed by atoms with van der Waals surface area (Å²) in [6, 6.07) is 16.5. The van der Waals surface area contributed by atoms with Crippen molar-refractivity contribution in [2.24, 2.45) is 0 Å². The molecule has 0 bridgehead atoms. The Morgan fingerprint density at radius 1 is 1.03 bits per heavy atom. The minimum absolute atomic E-state index is 0.0832. The molecule has 30 heavy (non-hydrogen) atoms. The van der Waals surface area contributed by atoms with Crippen molar-refractivity contribution in [2.75, 3.05) is 19.7 Å². The average Bonchev–Trinajstić information content (AvgIpc) is 3.44. The van der Waals surface area contributed by atoms with Gasteiger partial charge in [-0.1, -0.05) is 48.5 Å². The highest BCUT2D eigenvalue weighted by molar-refractivity contribution is 5.97. The molecule has 6 heteroatoms. The molecular formula is C24H25NO5. The first kappa shape index (κ1) is 20.2. The lowest BCUT2D eigenvalue weighted by Gasteiger charge is -2.23. The monoisotopic (exact) mass is 407 g/mol. The van der Waals surface area contributed by atoms with Crippen LogP contribution < -0.4 is 0 Å². The first-order valence-electron chi connectivity index (χ1n) is 10.3. The average molecular weight is 407 g/mol. The Labute approximate surface area is 175 Å². The van der Waals surface area contributed by atoms with Crippen molar-refractivity contribution in [2.45, 2.75) is 32.5 Å². The molecule has 1 saturated heterocycles. The highest BCUT2D eigenvalue weighted by atomic mass is 16.6. The molecular weight excluding hydrogens is 382 g/mol. The van der Waals surface area contributed by atoms with Gasteiger partial charge in [0, 0.05) is 36.2 Å². The minimum Gasteiger partial charge on any atom is -0.449 e. The largest absolute Gasteiger partial charge is 0.449 e. The van der Waals surface area contributed by atoms with Crippen LogP contribution in [0.4, 0.5) is 0 Å². The van der Waals surface area contributed by atoms with Crippen LogP contribution >= 0.6 is 0 Å². The number of nitrogens with zero attached hydrogens (tertiary/aromatic N) is 1. The molecule has 2 aromatic carbocycles. The maximum absolute atomic E-state index is 13.2. The van der Waals surface area contributed by atoms with Gasteiger partial charge in [0.1, 0.15) is 5.58 Å². The molecule has 6 nitrogen and oxygen atoms in total. The van der Waals surface area contributed by atoms with E-state index in [2.05, 4.69) is 0 Å². The number of carbonyl (C=O) groups is 2. The summed E-state index contributed by atoms with van der Waals surface area (Å²) in [6.45, 7) is 3.99. The van der Waals surface area contributed by atoms with Gasteiger partial charge in [-0.25, -0.2) is 4.79 Å². The lowest BCUT2D eigenvalue weighted by molar-refractivity contribution is -0.140. The summed E-state index contributed by atoms with van der Waals surface area (Å²) in [6.07, 6.45) is 0.914. The standard InChI is InChI=1S/C24H25NO5/c1-2-28-16-19-18-12-6-7-13-20(18)29-22(19)24(27)30-21(17-10-4-3-5-11-17)23(26)25-14-8-9-15-25/h3-7,10-13,21H,2,8-9,14-16H2,1H3/t21-/m1/s1. The molecule has 0 aliphatic carbocycles. The Bertz CT molecular complexity index is 1020. The maximum atomic E-state index is 13.2. The number of ether oxygens (including phenoxy) is 2. The Balaban J connectivity index is 1.66. The van der Waals surface area contributed by atoms with Crippen molar-refractivity contribution in [3.8, 4) is 0 Å². The van der Waals surface area contributed by atoms with Crippen LogP contribution in [-0.4, -0.2) is 36.5 Å². The van der Waals surface area contributed by atoms with E-state index in [9.17, 15) is 9.59 Å². The summed E-state index contributed by atoms with van der Waals surface area (Å²) >= 11 is 0. The van der Waals surface area contributed by atoms with Crippen LogP contribution in [0, 0.1) is 0 Å². The number of likely N-dealkylation sites (tertiary alicyclic amines) is 1. The van der Waals surface area contributed by atoms with Crippen LogP contribution in [0.2, 0.25) is 0 Å². The molecule has 3 aromatic rings. The fraction of sp³-hybridized carbons (Fsp3) is 0.333. The Hall–Kier alpha value is -3.12. The smallest absolute Gasteiger partial charge is 0.375 e. The number of amides is 1. The van der Waals surface area contributed by atoms with Crippen LogP contribution in [0.15, 0.2) is 59.0 Å². The lowest BCUT2D eigenvalue weighted by Crippen LogP contribution is -2.35. The topological polar surface area (TPSA) is 69.0 Å². The highest BCUT2D eigenvalue weighted by Crippen LogP contribution is 2.30. The first-order valence-corrected chi connectivity index (χ1v) is 10.3. The molecule has 1 fully saturated rings. The summed E-state index contributed by atoms with van der Waals surface area (Å²) in [5.41, 5.74) is 1.87. The van der Waals surface area contributed by atoms with E-state index >= 15 is 0 Å². The number of fused-ring (bicyclic) bond motifs is 1. The SMILES string of the molecule is CCOCc1c(C(=O)O[C@@H](C(=O)N2CCCC2)c2ccccc2)oc2ccccc12. The van der Waals surface area contributed by atoms with Gasteiger partial charge in [-0.3, -0.25) is 4.79 Å². The van der Waals surface area contributed by atoms with Crippen LogP contribution in [-0.2, 0) is 20.9 Å². The maximum Gasteiger partial charge on any atom is 0.375 e. The van der Waals surface area contributed by atoms with E-state index in [0.29, 0.717) is 36.4 Å². The van der Waals surface area contributed by atoms with E-state index in [1.165, 1.54) is 0 Å². The van der Waals surface area contributed by atoms with Crippen molar-refractivity contribution in [1.29, 1.82) is 0 Å². The van der Waals surface area contributed by atoms with Crippen LogP contribution in [0.25, 0.3) is 11.0 Å². The Morgan fingerprint density at radius 3 is 2.47 bits per heavy atom. The van der Waals surface area contributed by atoms with Gasteiger partial charge in [0.15, 0.2) is 0 Å². The lowest BCUT2D eigenvalue weighted by atomic mass is 10.1. The van der Waals surface area contributed by atoms with E-state index < -0.39 is 12.1 Å². The first-order chi connectivity index (χ1) is 14.7. The third kappa shape index (κ3) is 4.09. The van der Waals surface area contributed by atoms with Gasteiger partial charge in [0.25, 0.3) is 5.91 Å². The Morgan fingerprint density at radius 2 is 1.73 bits per heavy atom. The third-order valence-corrected chi connectivity index (χ3v) is 5.30. The van der Waals surface area contributed by atoms with Crippen molar-refractivity contribution in [1.82, 2.24) is 4.90 Å². The number of para-hydroxylation sites is 1. The van der Waals surface area contributed by atoms with Gasteiger partial charge >= 0.3 is 5.97 Å². The third-order valence-electron chi connectivity index (χ3n) is 5.30. The van der Waals surface area contributed by atoms with Crippen LogP contribution in [0.1, 0.15) is 47.6 Å². The molecule has 0 N–H and O–H groups in total. The fourth-order valence-corrected chi connectivity index (χ4v) is 3.76. The van der Waals surface area contributed by atoms with E-state index in [4.69, 9.17) is 13.9 Å². The molecule has 0 spiro atoms. The minimum atomic E-state index is -1.01.